The van der Waals surface area contributed by atoms with Gasteiger partial charge in [0.1, 0.15) is 18.0 Å². The monoisotopic (exact) mass is 432 g/mol. The van der Waals surface area contributed by atoms with E-state index < -0.39 is 5.60 Å². The van der Waals surface area contributed by atoms with Crippen molar-refractivity contribution in [3.63, 3.8) is 0 Å². The fraction of sp³-hybridized carbons (Fsp3) is 0.522. The van der Waals surface area contributed by atoms with Crippen molar-refractivity contribution in [1.29, 1.82) is 0 Å². The maximum absolute atomic E-state index is 10.7. The molecule has 1 unspecified atom stereocenters. The molecule has 0 amide bonds. The number of guanidine groups is 1. The summed E-state index contributed by atoms with van der Waals surface area (Å²) >= 11 is 1.58. The minimum absolute atomic E-state index is 0.373. The van der Waals surface area contributed by atoms with Gasteiger partial charge in [-0.15, -0.1) is 0 Å². The summed E-state index contributed by atoms with van der Waals surface area (Å²) in [5, 5.41) is 21.2. The summed E-state index contributed by atoms with van der Waals surface area (Å²) in [5.41, 5.74) is 0.989. The van der Waals surface area contributed by atoms with E-state index in [-0.39, 0.29) is 0 Å². The van der Waals surface area contributed by atoms with Crippen LogP contribution in [0.1, 0.15) is 38.8 Å². The van der Waals surface area contributed by atoms with Crippen LogP contribution >= 0.6 is 11.3 Å². The number of rotatable bonds is 12. The number of hydrogen-bond donors (Lipinski definition) is 3. The third kappa shape index (κ3) is 7.63. The van der Waals surface area contributed by atoms with Crippen molar-refractivity contribution >= 4 is 17.3 Å². The summed E-state index contributed by atoms with van der Waals surface area (Å²) < 4.78 is 6.04. The molecule has 0 aliphatic carbocycles. The van der Waals surface area contributed by atoms with Crippen LogP contribution in [0, 0.1) is 0 Å². The second-order valence-corrected chi connectivity index (χ2v) is 8.10. The quantitative estimate of drug-likeness (QED) is 0.354. The summed E-state index contributed by atoms with van der Waals surface area (Å²) in [7, 11) is 0. The van der Waals surface area contributed by atoms with Crippen LogP contribution < -0.4 is 15.4 Å². The topological polar surface area (TPSA) is 69.1 Å². The van der Waals surface area contributed by atoms with E-state index in [1.54, 1.807) is 11.3 Å². The standard InChI is InChI=1S/C23H36N4O2S/c1-5-24-22(26-18-23(4,28)20-12-15-30-17-20)25-16-19-10-8-9-11-21(19)29-14-13-27(6-2)7-3/h8-12,15,17,28H,5-7,13-14,16,18H2,1-4H3,(H2,24,25,26). The van der Waals surface area contributed by atoms with Crippen molar-refractivity contribution in [2.24, 2.45) is 4.99 Å². The summed E-state index contributed by atoms with van der Waals surface area (Å²) in [6, 6.07) is 9.98. The summed E-state index contributed by atoms with van der Waals surface area (Å²) in [6.45, 7) is 13.4. The van der Waals surface area contributed by atoms with Crippen LogP contribution in [0.2, 0.25) is 0 Å². The van der Waals surface area contributed by atoms with Crippen molar-refractivity contribution < 1.29 is 9.84 Å². The van der Waals surface area contributed by atoms with Crippen LogP contribution in [0.25, 0.3) is 0 Å². The van der Waals surface area contributed by atoms with Crippen LogP contribution in [0.3, 0.4) is 0 Å². The van der Waals surface area contributed by atoms with Crippen molar-refractivity contribution in [1.82, 2.24) is 15.5 Å². The molecule has 0 saturated heterocycles. The molecule has 2 rings (SSSR count). The van der Waals surface area contributed by atoms with E-state index in [2.05, 4.69) is 29.4 Å². The fourth-order valence-electron chi connectivity index (χ4n) is 3.03. The molecular weight excluding hydrogens is 396 g/mol. The summed E-state index contributed by atoms with van der Waals surface area (Å²) in [5.74, 6) is 1.54. The highest BCUT2D eigenvalue weighted by molar-refractivity contribution is 7.08. The molecule has 0 fully saturated rings. The predicted molar refractivity (Wildman–Crippen MR) is 126 cm³/mol. The zero-order valence-corrected chi connectivity index (χ0v) is 19.5. The van der Waals surface area contributed by atoms with Crippen molar-refractivity contribution in [3.05, 3.63) is 52.2 Å². The highest BCUT2D eigenvalue weighted by Gasteiger charge is 2.23. The number of ether oxygens (including phenoxy) is 1. The average Bonchev–Trinajstić information content (AvgIpc) is 3.30. The van der Waals surface area contributed by atoms with Gasteiger partial charge < -0.3 is 25.4 Å². The van der Waals surface area contributed by atoms with E-state index in [1.165, 1.54) is 0 Å². The van der Waals surface area contributed by atoms with Gasteiger partial charge in [-0.1, -0.05) is 32.0 Å². The van der Waals surface area contributed by atoms with E-state index in [9.17, 15) is 5.11 Å². The lowest BCUT2D eigenvalue weighted by atomic mass is 9.99. The number of benzene rings is 1. The molecule has 3 N–H and O–H groups in total. The third-order valence-corrected chi connectivity index (χ3v) is 5.71. The molecule has 0 bridgehead atoms. The maximum Gasteiger partial charge on any atom is 0.191 e. The number of para-hydroxylation sites is 1. The minimum Gasteiger partial charge on any atom is -0.492 e. The lowest BCUT2D eigenvalue weighted by Gasteiger charge is -2.24. The molecule has 0 spiro atoms. The zero-order chi connectivity index (χ0) is 21.8. The number of thiophene rings is 1. The number of aliphatic imine (C=N–C) groups is 1. The van der Waals surface area contributed by atoms with Crippen LogP contribution in [-0.4, -0.2) is 55.3 Å². The van der Waals surface area contributed by atoms with Crippen molar-refractivity contribution in [2.75, 3.05) is 39.3 Å². The Labute approximate surface area is 185 Å². The van der Waals surface area contributed by atoms with E-state index in [1.807, 2.05) is 54.9 Å². The molecule has 0 aliphatic heterocycles. The first-order valence-corrected chi connectivity index (χ1v) is 11.6. The molecule has 6 nitrogen and oxygen atoms in total. The number of nitrogens with one attached hydrogen (secondary N) is 2. The Morgan fingerprint density at radius 1 is 1.17 bits per heavy atom. The lowest BCUT2D eigenvalue weighted by molar-refractivity contribution is 0.0621. The van der Waals surface area contributed by atoms with Gasteiger partial charge in [0.25, 0.3) is 0 Å². The highest BCUT2D eigenvalue weighted by Crippen LogP contribution is 2.22. The summed E-state index contributed by atoms with van der Waals surface area (Å²) in [6.07, 6.45) is 0. The predicted octanol–water partition coefficient (Wildman–Crippen LogP) is 3.43. The first kappa shape index (κ1) is 24.2. The second kappa shape index (κ2) is 12.6. The number of nitrogens with zero attached hydrogens (tertiary/aromatic N) is 2. The van der Waals surface area contributed by atoms with E-state index in [0.717, 1.165) is 43.1 Å². The Bertz CT molecular complexity index is 758. The molecule has 7 heteroatoms. The van der Waals surface area contributed by atoms with Gasteiger partial charge >= 0.3 is 0 Å². The van der Waals surface area contributed by atoms with Crippen LogP contribution in [-0.2, 0) is 12.1 Å². The molecule has 1 heterocycles. The van der Waals surface area contributed by atoms with E-state index >= 15 is 0 Å². The van der Waals surface area contributed by atoms with Gasteiger partial charge in [0.2, 0.25) is 0 Å². The van der Waals surface area contributed by atoms with E-state index in [0.29, 0.717) is 25.7 Å². The SMILES string of the molecule is CCNC(=NCc1ccccc1OCCN(CC)CC)NCC(C)(O)c1ccsc1. The van der Waals surface area contributed by atoms with Crippen LogP contribution in [0.15, 0.2) is 46.1 Å². The average molecular weight is 433 g/mol. The first-order valence-electron chi connectivity index (χ1n) is 10.7. The minimum atomic E-state index is -0.957. The fourth-order valence-corrected chi connectivity index (χ4v) is 3.82. The zero-order valence-electron chi connectivity index (χ0n) is 18.6. The number of aliphatic hydroxyl groups is 1. The largest absolute Gasteiger partial charge is 0.492 e. The normalized spacial score (nSPS) is 13.9. The van der Waals surface area contributed by atoms with Crippen LogP contribution in [0.4, 0.5) is 0 Å². The lowest BCUT2D eigenvalue weighted by Crippen LogP contribution is -2.44. The van der Waals surface area contributed by atoms with Crippen LogP contribution in [0.5, 0.6) is 5.75 Å². The Morgan fingerprint density at radius 3 is 2.60 bits per heavy atom. The van der Waals surface area contributed by atoms with Gasteiger partial charge in [-0.2, -0.15) is 11.3 Å². The molecule has 30 heavy (non-hydrogen) atoms. The van der Waals surface area contributed by atoms with Gasteiger partial charge in [0, 0.05) is 18.7 Å². The number of likely N-dealkylation sites (N-methyl/N-ethyl adjacent to an activating group) is 1. The Kier molecular flexibility index (Phi) is 10.1. The second-order valence-electron chi connectivity index (χ2n) is 7.32. The highest BCUT2D eigenvalue weighted by atomic mass is 32.1. The number of hydrogen-bond acceptors (Lipinski definition) is 5. The van der Waals surface area contributed by atoms with Crippen molar-refractivity contribution in [2.45, 2.75) is 39.8 Å². The molecule has 0 radical (unpaired) electrons. The molecule has 0 aliphatic rings. The van der Waals surface area contributed by atoms with E-state index in [4.69, 9.17) is 9.73 Å². The molecular formula is C23H36N4O2S. The van der Waals surface area contributed by atoms with Gasteiger partial charge in [-0.3, -0.25) is 0 Å². The first-order chi connectivity index (χ1) is 14.5. The smallest absolute Gasteiger partial charge is 0.191 e. The van der Waals surface area contributed by atoms with Gasteiger partial charge in [0.15, 0.2) is 5.96 Å². The molecule has 1 aromatic heterocycles. The Balaban J connectivity index is 1.98. The Morgan fingerprint density at radius 2 is 1.93 bits per heavy atom. The third-order valence-electron chi connectivity index (χ3n) is 5.03. The van der Waals surface area contributed by atoms with Gasteiger partial charge in [-0.25, -0.2) is 4.99 Å². The van der Waals surface area contributed by atoms with Gasteiger partial charge in [0.05, 0.1) is 13.1 Å². The molecule has 166 valence electrons. The van der Waals surface area contributed by atoms with Gasteiger partial charge in [-0.05, 0) is 55.4 Å². The molecule has 1 aromatic carbocycles. The molecule has 2 aromatic rings. The molecule has 0 saturated carbocycles. The summed E-state index contributed by atoms with van der Waals surface area (Å²) in [4.78, 5) is 7.04. The molecule has 1 atom stereocenters. The van der Waals surface area contributed by atoms with Crippen molar-refractivity contribution in [3.8, 4) is 5.75 Å². The maximum atomic E-state index is 10.7. The Hall–Kier alpha value is -2.09.